The molecule has 23 heavy (non-hydrogen) atoms. The lowest BCUT2D eigenvalue weighted by Crippen LogP contribution is -2.09. The van der Waals surface area contributed by atoms with Crippen LogP contribution >= 0.6 is 11.3 Å². The second kappa shape index (κ2) is 5.70. The molecule has 0 spiro atoms. The number of oxazole rings is 1. The fourth-order valence-corrected chi connectivity index (χ4v) is 3.35. The molecule has 0 saturated heterocycles. The predicted octanol–water partition coefficient (Wildman–Crippen LogP) is 4.81. The third kappa shape index (κ3) is 2.74. The molecular formula is C18H12N2O2S. The van der Waals surface area contributed by atoms with E-state index in [4.69, 9.17) is 4.42 Å². The van der Waals surface area contributed by atoms with Gasteiger partial charge in [-0.15, -0.1) is 11.3 Å². The van der Waals surface area contributed by atoms with E-state index in [1.165, 1.54) is 17.7 Å². The summed E-state index contributed by atoms with van der Waals surface area (Å²) in [5.41, 5.74) is 1.60. The number of thiophene rings is 1. The summed E-state index contributed by atoms with van der Waals surface area (Å²) in [5, 5.41) is 4.01. The Labute approximate surface area is 136 Å². The number of amides is 1. The van der Waals surface area contributed by atoms with Gasteiger partial charge >= 0.3 is 0 Å². The molecule has 5 heteroatoms. The minimum atomic E-state index is -0.110. The largest absolute Gasteiger partial charge is 0.444 e. The lowest BCUT2D eigenvalue weighted by Gasteiger charge is -2.05. The molecule has 2 heterocycles. The zero-order valence-electron chi connectivity index (χ0n) is 12.0. The number of carbonyl (C=O) groups is 1. The van der Waals surface area contributed by atoms with Crippen LogP contribution in [0.15, 0.2) is 71.6 Å². The first-order valence-electron chi connectivity index (χ1n) is 7.08. The zero-order valence-corrected chi connectivity index (χ0v) is 12.8. The van der Waals surface area contributed by atoms with Gasteiger partial charge in [-0.05, 0) is 29.7 Å². The van der Waals surface area contributed by atoms with E-state index in [2.05, 4.69) is 10.3 Å². The highest BCUT2D eigenvalue weighted by Gasteiger charge is 2.11. The molecular weight excluding hydrogens is 308 g/mol. The Bertz CT molecular complexity index is 941. The summed E-state index contributed by atoms with van der Waals surface area (Å²) in [7, 11) is 0. The highest BCUT2D eigenvalue weighted by molar-refractivity contribution is 7.20. The molecule has 0 atom stereocenters. The van der Waals surface area contributed by atoms with Gasteiger partial charge in [-0.25, -0.2) is 4.98 Å². The van der Waals surface area contributed by atoms with E-state index in [1.54, 1.807) is 6.20 Å². The van der Waals surface area contributed by atoms with E-state index >= 15 is 0 Å². The van der Waals surface area contributed by atoms with Crippen LogP contribution in [0.1, 0.15) is 9.67 Å². The smallest absolute Gasteiger partial charge is 0.265 e. The van der Waals surface area contributed by atoms with Crippen molar-refractivity contribution in [1.29, 1.82) is 0 Å². The van der Waals surface area contributed by atoms with Gasteiger partial charge in [-0.2, -0.15) is 0 Å². The number of aromatic nitrogens is 1. The molecule has 4 nitrogen and oxygen atoms in total. The Kier molecular flexibility index (Phi) is 3.40. The maximum Gasteiger partial charge on any atom is 0.265 e. The first-order valence-corrected chi connectivity index (χ1v) is 7.90. The van der Waals surface area contributed by atoms with Crippen LogP contribution in [0.25, 0.3) is 21.4 Å². The summed E-state index contributed by atoms with van der Waals surface area (Å²) in [6, 6.07) is 17.4. The molecule has 0 aliphatic heterocycles. The fourth-order valence-electron chi connectivity index (χ4n) is 2.40. The Morgan fingerprint density at radius 1 is 1.09 bits per heavy atom. The number of fused-ring (bicyclic) bond motifs is 1. The first kappa shape index (κ1) is 13.7. The number of nitrogens with zero attached hydrogens (tertiary/aromatic N) is 1. The van der Waals surface area contributed by atoms with E-state index in [-0.39, 0.29) is 5.91 Å². The van der Waals surface area contributed by atoms with Crippen LogP contribution in [0.4, 0.5) is 5.69 Å². The van der Waals surface area contributed by atoms with E-state index in [9.17, 15) is 4.79 Å². The van der Waals surface area contributed by atoms with Crippen molar-refractivity contribution in [3.05, 3.63) is 72.1 Å². The molecule has 0 aliphatic carbocycles. The van der Waals surface area contributed by atoms with Crippen LogP contribution in [-0.2, 0) is 0 Å². The second-order valence-corrected chi connectivity index (χ2v) is 6.13. The SMILES string of the molecule is O=C(Nc1cccc(-c2cnco2)c1)c1cc2ccccc2s1. The molecule has 0 fully saturated rings. The number of hydrogen-bond donors (Lipinski definition) is 1. The van der Waals surface area contributed by atoms with E-state index in [1.807, 2.05) is 54.6 Å². The topological polar surface area (TPSA) is 55.1 Å². The van der Waals surface area contributed by atoms with Crippen LogP contribution < -0.4 is 5.32 Å². The molecule has 0 unspecified atom stereocenters. The Morgan fingerprint density at radius 2 is 2.00 bits per heavy atom. The van der Waals surface area contributed by atoms with Crippen LogP contribution in [0.3, 0.4) is 0 Å². The van der Waals surface area contributed by atoms with Crippen molar-refractivity contribution < 1.29 is 9.21 Å². The van der Waals surface area contributed by atoms with Crippen molar-refractivity contribution in [2.75, 3.05) is 5.32 Å². The molecule has 112 valence electrons. The molecule has 2 aromatic carbocycles. The number of carbonyl (C=O) groups excluding carboxylic acids is 1. The quantitative estimate of drug-likeness (QED) is 0.589. The molecule has 1 N–H and O–H groups in total. The summed E-state index contributed by atoms with van der Waals surface area (Å²) in [6.45, 7) is 0. The third-order valence-corrected chi connectivity index (χ3v) is 4.60. The highest BCUT2D eigenvalue weighted by Crippen LogP contribution is 2.27. The van der Waals surface area contributed by atoms with E-state index in [0.717, 1.165) is 21.3 Å². The van der Waals surface area contributed by atoms with Gasteiger partial charge in [0.25, 0.3) is 5.91 Å². The van der Waals surface area contributed by atoms with Crippen LogP contribution in [0.2, 0.25) is 0 Å². The van der Waals surface area contributed by atoms with Gasteiger partial charge in [0.15, 0.2) is 12.2 Å². The van der Waals surface area contributed by atoms with Crippen molar-refractivity contribution in [2.24, 2.45) is 0 Å². The summed E-state index contributed by atoms with van der Waals surface area (Å²) >= 11 is 1.49. The number of anilines is 1. The second-order valence-electron chi connectivity index (χ2n) is 5.05. The van der Waals surface area contributed by atoms with Gasteiger partial charge < -0.3 is 9.73 Å². The molecule has 0 saturated carbocycles. The van der Waals surface area contributed by atoms with Gasteiger partial charge in [0, 0.05) is 16.0 Å². The number of nitrogens with one attached hydrogen (secondary N) is 1. The van der Waals surface area contributed by atoms with Gasteiger partial charge in [-0.3, -0.25) is 4.79 Å². The maximum absolute atomic E-state index is 12.4. The van der Waals surface area contributed by atoms with E-state index < -0.39 is 0 Å². The van der Waals surface area contributed by atoms with Gasteiger partial charge in [0.2, 0.25) is 0 Å². The summed E-state index contributed by atoms with van der Waals surface area (Å²) in [5.74, 6) is 0.559. The highest BCUT2D eigenvalue weighted by atomic mass is 32.1. The Morgan fingerprint density at radius 3 is 2.83 bits per heavy atom. The lowest BCUT2D eigenvalue weighted by molar-refractivity contribution is 0.103. The minimum absolute atomic E-state index is 0.110. The van der Waals surface area contributed by atoms with Gasteiger partial charge in [0.1, 0.15) is 0 Å². The first-order chi connectivity index (χ1) is 11.3. The van der Waals surface area contributed by atoms with Gasteiger partial charge in [0.05, 0.1) is 11.1 Å². The molecule has 0 aliphatic rings. The van der Waals surface area contributed by atoms with Crippen molar-refractivity contribution in [3.8, 4) is 11.3 Å². The van der Waals surface area contributed by atoms with Crippen molar-refractivity contribution in [3.63, 3.8) is 0 Å². The molecule has 4 rings (SSSR count). The van der Waals surface area contributed by atoms with Crippen molar-refractivity contribution in [1.82, 2.24) is 4.98 Å². The zero-order chi connectivity index (χ0) is 15.6. The average molecular weight is 320 g/mol. The van der Waals surface area contributed by atoms with Crippen LogP contribution in [0.5, 0.6) is 0 Å². The number of benzene rings is 2. The summed E-state index contributed by atoms with van der Waals surface area (Å²) < 4.78 is 6.39. The van der Waals surface area contributed by atoms with Gasteiger partial charge in [-0.1, -0.05) is 30.3 Å². The molecule has 1 amide bonds. The van der Waals surface area contributed by atoms with E-state index in [0.29, 0.717) is 10.6 Å². The Hall–Kier alpha value is -2.92. The minimum Gasteiger partial charge on any atom is -0.444 e. The number of rotatable bonds is 3. The molecule has 2 aromatic heterocycles. The molecule has 0 radical (unpaired) electrons. The molecule has 4 aromatic rings. The van der Waals surface area contributed by atoms with Crippen molar-refractivity contribution >= 4 is 33.0 Å². The normalized spacial score (nSPS) is 10.8. The molecule has 0 bridgehead atoms. The summed E-state index contributed by atoms with van der Waals surface area (Å²) in [6.07, 6.45) is 3.03. The fraction of sp³-hybridized carbons (Fsp3) is 0. The summed E-state index contributed by atoms with van der Waals surface area (Å²) in [4.78, 5) is 17.0. The van der Waals surface area contributed by atoms with Crippen LogP contribution in [0, 0.1) is 0 Å². The average Bonchev–Trinajstić information content (AvgIpc) is 3.24. The lowest BCUT2D eigenvalue weighted by atomic mass is 10.1. The predicted molar refractivity (Wildman–Crippen MR) is 91.7 cm³/mol. The van der Waals surface area contributed by atoms with Crippen LogP contribution in [-0.4, -0.2) is 10.9 Å². The standard InChI is InChI=1S/C18H12N2O2S/c21-18(17-9-13-4-1-2-7-16(13)23-17)20-14-6-3-5-12(8-14)15-10-19-11-22-15/h1-11H,(H,20,21). The maximum atomic E-state index is 12.4. The Balaban J connectivity index is 1.60. The number of hydrogen-bond acceptors (Lipinski definition) is 4. The monoisotopic (exact) mass is 320 g/mol. The third-order valence-electron chi connectivity index (χ3n) is 3.49. The van der Waals surface area contributed by atoms with Crippen molar-refractivity contribution in [2.45, 2.75) is 0 Å².